The summed E-state index contributed by atoms with van der Waals surface area (Å²) < 4.78 is 0. The Morgan fingerprint density at radius 2 is 2.07 bits per heavy atom. The lowest BCUT2D eigenvalue weighted by Crippen LogP contribution is -2.25. The molecule has 0 saturated heterocycles. The van der Waals surface area contributed by atoms with Crippen LogP contribution >= 0.6 is 0 Å². The molecule has 2 heteroatoms. The molecule has 76 valence electrons. The largest absolute Gasteiger partial charge is 0.398 e. The highest BCUT2D eigenvalue weighted by atomic mass is 15.2. The van der Waals surface area contributed by atoms with Crippen molar-refractivity contribution in [1.29, 1.82) is 0 Å². The fraction of sp³-hybridized carbons (Fsp3) is 0.500. The lowest BCUT2D eigenvalue weighted by atomic mass is 10.1. The van der Waals surface area contributed by atoms with E-state index in [4.69, 9.17) is 5.73 Å². The maximum Gasteiger partial charge on any atom is 0.0359 e. The molecule has 2 nitrogen and oxygen atoms in total. The maximum atomic E-state index is 5.92. The molecule has 1 aromatic rings. The number of anilines is 1. The van der Waals surface area contributed by atoms with E-state index < -0.39 is 0 Å². The Morgan fingerprint density at radius 1 is 1.36 bits per heavy atom. The molecular formula is C12H18N2. The van der Waals surface area contributed by atoms with E-state index in [0.717, 1.165) is 24.8 Å². The highest BCUT2D eigenvalue weighted by molar-refractivity contribution is 5.46. The first kappa shape index (κ1) is 9.53. The van der Waals surface area contributed by atoms with Gasteiger partial charge in [0.1, 0.15) is 0 Å². The van der Waals surface area contributed by atoms with Crippen LogP contribution in [0.15, 0.2) is 24.3 Å². The topological polar surface area (TPSA) is 29.3 Å². The van der Waals surface area contributed by atoms with Crippen LogP contribution in [0, 0.1) is 0 Å². The first-order chi connectivity index (χ1) is 6.81. The van der Waals surface area contributed by atoms with Crippen molar-refractivity contribution >= 4 is 5.69 Å². The first-order valence-electron chi connectivity index (χ1n) is 5.38. The van der Waals surface area contributed by atoms with Crippen molar-refractivity contribution in [2.75, 3.05) is 12.3 Å². The Labute approximate surface area is 85.7 Å². The minimum atomic E-state index is 0.819. The van der Waals surface area contributed by atoms with Gasteiger partial charge in [-0.1, -0.05) is 25.1 Å². The standard InChI is InChI=1S/C12H18N2/c1-2-14(11-7-8-11)9-10-5-3-4-6-12(10)13/h3-6,11H,2,7-9,13H2,1H3. The highest BCUT2D eigenvalue weighted by Crippen LogP contribution is 2.28. The van der Waals surface area contributed by atoms with Crippen LogP contribution in [0.2, 0.25) is 0 Å². The number of nitrogens with two attached hydrogens (primary N) is 1. The molecule has 0 bridgehead atoms. The second kappa shape index (κ2) is 4.01. The summed E-state index contributed by atoms with van der Waals surface area (Å²) >= 11 is 0. The summed E-state index contributed by atoms with van der Waals surface area (Å²) in [6, 6.07) is 8.98. The van der Waals surface area contributed by atoms with Crippen molar-refractivity contribution in [3.63, 3.8) is 0 Å². The van der Waals surface area contributed by atoms with E-state index in [1.807, 2.05) is 12.1 Å². The zero-order valence-corrected chi connectivity index (χ0v) is 8.74. The average Bonchev–Trinajstić information content (AvgIpc) is 3.00. The maximum absolute atomic E-state index is 5.92. The van der Waals surface area contributed by atoms with Gasteiger partial charge in [-0.05, 0) is 31.0 Å². The quantitative estimate of drug-likeness (QED) is 0.738. The van der Waals surface area contributed by atoms with Gasteiger partial charge in [0.25, 0.3) is 0 Å². The van der Waals surface area contributed by atoms with Crippen LogP contribution in [-0.4, -0.2) is 17.5 Å². The van der Waals surface area contributed by atoms with Crippen LogP contribution in [0.1, 0.15) is 25.3 Å². The third kappa shape index (κ3) is 2.07. The molecule has 1 saturated carbocycles. The smallest absolute Gasteiger partial charge is 0.0359 e. The summed E-state index contributed by atoms with van der Waals surface area (Å²) in [7, 11) is 0. The van der Waals surface area contributed by atoms with Crippen molar-refractivity contribution in [2.24, 2.45) is 0 Å². The molecule has 0 heterocycles. The third-order valence-electron chi connectivity index (χ3n) is 2.90. The molecule has 0 atom stereocenters. The molecule has 1 aliphatic carbocycles. The van der Waals surface area contributed by atoms with Crippen molar-refractivity contribution in [3.05, 3.63) is 29.8 Å². The minimum Gasteiger partial charge on any atom is -0.398 e. The van der Waals surface area contributed by atoms with Gasteiger partial charge < -0.3 is 5.73 Å². The lowest BCUT2D eigenvalue weighted by molar-refractivity contribution is 0.270. The number of nitrogen functional groups attached to an aromatic ring is 1. The molecule has 14 heavy (non-hydrogen) atoms. The molecule has 2 rings (SSSR count). The van der Waals surface area contributed by atoms with Gasteiger partial charge in [0, 0.05) is 18.3 Å². The van der Waals surface area contributed by atoms with E-state index >= 15 is 0 Å². The van der Waals surface area contributed by atoms with Crippen LogP contribution in [-0.2, 0) is 6.54 Å². The molecule has 0 amide bonds. The van der Waals surface area contributed by atoms with Gasteiger partial charge in [0.15, 0.2) is 0 Å². The lowest BCUT2D eigenvalue weighted by Gasteiger charge is -2.20. The average molecular weight is 190 g/mol. The molecular weight excluding hydrogens is 172 g/mol. The molecule has 0 spiro atoms. The monoisotopic (exact) mass is 190 g/mol. The van der Waals surface area contributed by atoms with Crippen molar-refractivity contribution < 1.29 is 0 Å². The molecule has 2 N–H and O–H groups in total. The Balaban J connectivity index is 2.04. The molecule has 1 aromatic carbocycles. The number of para-hydroxylation sites is 1. The predicted molar refractivity (Wildman–Crippen MR) is 60.0 cm³/mol. The Hall–Kier alpha value is -1.02. The molecule has 1 fully saturated rings. The van der Waals surface area contributed by atoms with E-state index in [-0.39, 0.29) is 0 Å². The fourth-order valence-electron chi connectivity index (χ4n) is 1.84. The first-order valence-corrected chi connectivity index (χ1v) is 5.38. The summed E-state index contributed by atoms with van der Waals surface area (Å²) in [6.07, 6.45) is 2.72. The van der Waals surface area contributed by atoms with Gasteiger partial charge in [0.05, 0.1) is 0 Å². The van der Waals surface area contributed by atoms with Crippen LogP contribution in [0.5, 0.6) is 0 Å². The van der Waals surface area contributed by atoms with E-state index in [2.05, 4.69) is 24.0 Å². The van der Waals surface area contributed by atoms with Gasteiger partial charge in [-0.15, -0.1) is 0 Å². The van der Waals surface area contributed by atoms with E-state index in [9.17, 15) is 0 Å². The van der Waals surface area contributed by atoms with Crippen LogP contribution in [0.4, 0.5) is 5.69 Å². The molecule has 0 unspecified atom stereocenters. The fourth-order valence-corrected chi connectivity index (χ4v) is 1.84. The van der Waals surface area contributed by atoms with Crippen LogP contribution in [0.3, 0.4) is 0 Å². The van der Waals surface area contributed by atoms with Gasteiger partial charge in [-0.3, -0.25) is 4.90 Å². The zero-order valence-electron chi connectivity index (χ0n) is 8.74. The number of hydrogen-bond acceptors (Lipinski definition) is 2. The van der Waals surface area contributed by atoms with E-state index in [1.165, 1.54) is 18.4 Å². The number of rotatable bonds is 4. The summed E-state index contributed by atoms with van der Waals surface area (Å²) in [5.41, 5.74) is 8.11. The van der Waals surface area contributed by atoms with Gasteiger partial charge in [0.2, 0.25) is 0 Å². The Morgan fingerprint density at radius 3 is 2.64 bits per heavy atom. The van der Waals surface area contributed by atoms with Crippen molar-refractivity contribution in [2.45, 2.75) is 32.4 Å². The van der Waals surface area contributed by atoms with Crippen molar-refractivity contribution in [3.8, 4) is 0 Å². The summed E-state index contributed by atoms with van der Waals surface area (Å²) in [6.45, 7) is 4.35. The normalized spacial score (nSPS) is 16.1. The SMILES string of the molecule is CCN(Cc1ccccc1N)C1CC1. The van der Waals surface area contributed by atoms with Gasteiger partial charge in [-0.25, -0.2) is 0 Å². The minimum absolute atomic E-state index is 0.819. The second-order valence-electron chi connectivity index (χ2n) is 3.99. The molecule has 0 aliphatic heterocycles. The molecule has 0 radical (unpaired) electrons. The zero-order chi connectivity index (χ0) is 9.97. The summed E-state index contributed by atoms with van der Waals surface area (Å²) in [5.74, 6) is 0. The van der Waals surface area contributed by atoms with E-state index in [0.29, 0.717) is 0 Å². The molecule has 1 aliphatic rings. The Kier molecular flexibility index (Phi) is 2.73. The van der Waals surface area contributed by atoms with Gasteiger partial charge >= 0.3 is 0 Å². The van der Waals surface area contributed by atoms with Gasteiger partial charge in [-0.2, -0.15) is 0 Å². The van der Waals surface area contributed by atoms with Crippen LogP contribution in [0.25, 0.3) is 0 Å². The summed E-state index contributed by atoms with van der Waals surface area (Å²) in [5, 5.41) is 0. The Bertz CT molecular complexity index is 305. The third-order valence-corrected chi connectivity index (χ3v) is 2.90. The predicted octanol–water partition coefficient (Wildman–Crippen LogP) is 2.25. The van der Waals surface area contributed by atoms with E-state index in [1.54, 1.807) is 0 Å². The summed E-state index contributed by atoms with van der Waals surface area (Å²) in [4.78, 5) is 2.51. The number of hydrogen-bond donors (Lipinski definition) is 1. The number of benzene rings is 1. The van der Waals surface area contributed by atoms with Crippen molar-refractivity contribution in [1.82, 2.24) is 4.90 Å². The number of nitrogens with zero attached hydrogens (tertiary/aromatic N) is 1. The van der Waals surface area contributed by atoms with Crippen LogP contribution < -0.4 is 5.73 Å². The molecule has 0 aromatic heterocycles. The second-order valence-corrected chi connectivity index (χ2v) is 3.99. The highest BCUT2D eigenvalue weighted by Gasteiger charge is 2.27.